The van der Waals surface area contributed by atoms with E-state index in [0.29, 0.717) is 59.9 Å². The molecular formula is C36H41F4N3O4. The quantitative estimate of drug-likeness (QED) is 0.182. The molecule has 1 fully saturated rings. The van der Waals surface area contributed by atoms with Gasteiger partial charge >= 0.3 is 12.1 Å². The summed E-state index contributed by atoms with van der Waals surface area (Å²) in [4.78, 5) is 19.1. The second kappa shape index (κ2) is 12.8. The van der Waals surface area contributed by atoms with Crippen molar-refractivity contribution in [1.29, 1.82) is 0 Å². The molecule has 0 radical (unpaired) electrons. The Bertz CT molecular complexity index is 1730. The minimum atomic E-state index is -4.72. The highest BCUT2D eigenvalue weighted by atomic mass is 19.4. The van der Waals surface area contributed by atoms with Crippen molar-refractivity contribution >= 4 is 17.3 Å². The summed E-state index contributed by atoms with van der Waals surface area (Å²) >= 11 is 0. The third-order valence-corrected chi connectivity index (χ3v) is 8.57. The Morgan fingerprint density at radius 1 is 1.02 bits per heavy atom. The lowest BCUT2D eigenvalue weighted by Gasteiger charge is -2.41. The van der Waals surface area contributed by atoms with E-state index in [9.17, 15) is 27.5 Å². The molecule has 4 aromatic rings. The number of anilines is 1. The number of aryl methyl sites for hydroxylation is 1. The molecule has 1 atom stereocenters. The minimum absolute atomic E-state index is 0.0493. The molecule has 0 unspecified atom stereocenters. The van der Waals surface area contributed by atoms with E-state index in [1.54, 1.807) is 64.1 Å². The Morgan fingerprint density at radius 2 is 1.64 bits per heavy atom. The molecule has 0 spiro atoms. The number of carboxylic acid groups (broad SMARTS) is 1. The van der Waals surface area contributed by atoms with Crippen LogP contribution in [0.5, 0.6) is 5.75 Å². The molecule has 0 bridgehead atoms. The number of fused-ring (bicyclic) bond motifs is 1. The van der Waals surface area contributed by atoms with Crippen LogP contribution in [-0.2, 0) is 22.1 Å². The number of hydrogen-bond acceptors (Lipinski definition) is 5. The van der Waals surface area contributed by atoms with Crippen LogP contribution in [0, 0.1) is 18.2 Å². The normalized spacial score (nSPS) is 16.0. The standard InChI is InChI=1S/C36H41F4N3O4/c1-22-28(31(33(44)45)47-34(2,3)4)30(42-18-16-35(5,6)17-19-42)29(32-41-27(21-43(22)32)36(38,39)40)24-9-13-26(14-10-24)46-20-15-23-7-11-25(37)12-8-23/h7-14,21,31H,15-20H2,1-6H3,(H,44,45)/t31-/m0/s1. The number of halogens is 4. The molecule has 7 nitrogen and oxygen atoms in total. The molecule has 0 saturated carbocycles. The maximum atomic E-state index is 14.1. The van der Waals surface area contributed by atoms with E-state index in [-0.39, 0.29) is 16.9 Å². The Morgan fingerprint density at radius 3 is 2.19 bits per heavy atom. The summed E-state index contributed by atoms with van der Waals surface area (Å²) in [6, 6.07) is 13.1. The van der Waals surface area contributed by atoms with E-state index < -0.39 is 29.5 Å². The number of carboxylic acids is 1. The van der Waals surface area contributed by atoms with Gasteiger partial charge in [0.15, 0.2) is 11.8 Å². The number of carbonyl (C=O) groups is 1. The molecule has 1 N–H and O–H groups in total. The number of aliphatic carboxylic acids is 1. The van der Waals surface area contributed by atoms with Crippen molar-refractivity contribution in [3.05, 3.63) is 83.1 Å². The summed E-state index contributed by atoms with van der Waals surface area (Å²) in [5.74, 6) is -1.02. The molecule has 252 valence electrons. The fraction of sp³-hybridized carbons (Fsp3) is 0.444. The maximum absolute atomic E-state index is 14.1. The molecule has 11 heteroatoms. The third-order valence-electron chi connectivity index (χ3n) is 8.57. The first-order valence-corrected chi connectivity index (χ1v) is 15.7. The number of ether oxygens (including phenoxy) is 2. The van der Waals surface area contributed by atoms with Crippen LogP contribution in [0.2, 0.25) is 0 Å². The second-order valence-corrected chi connectivity index (χ2v) is 13.9. The van der Waals surface area contributed by atoms with Gasteiger partial charge in [-0.1, -0.05) is 38.1 Å². The van der Waals surface area contributed by atoms with Crippen molar-refractivity contribution in [2.75, 3.05) is 24.6 Å². The molecule has 0 aliphatic carbocycles. The molecule has 1 saturated heterocycles. The number of piperidine rings is 1. The number of alkyl halides is 3. The van der Waals surface area contributed by atoms with Gasteiger partial charge in [-0.05, 0) is 81.3 Å². The summed E-state index contributed by atoms with van der Waals surface area (Å²) in [7, 11) is 0. The van der Waals surface area contributed by atoms with E-state index >= 15 is 0 Å². The van der Waals surface area contributed by atoms with Crippen LogP contribution >= 0.6 is 0 Å². The van der Waals surface area contributed by atoms with E-state index in [1.165, 1.54) is 16.5 Å². The zero-order valence-electron chi connectivity index (χ0n) is 27.5. The lowest BCUT2D eigenvalue weighted by Crippen LogP contribution is -2.39. The third kappa shape index (κ3) is 7.72. The van der Waals surface area contributed by atoms with Gasteiger partial charge in [-0.3, -0.25) is 0 Å². The molecule has 47 heavy (non-hydrogen) atoms. The van der Waals surface area contributed by atoms with Crippen molar-refractivity contribution < 1.29 is 36.9 Å². The minimum Gasteiger partial charge on any atom is -0.493 e. The van der Waals surface area contributed by atoms with Crippen molar-refractivity contribution in [3.63, 3.8) is 0 Å². The number of nitrogens with zero attached hydrogens (tertiary/aromatic N) is 3. The number of pyridine rings is 1. The first-order chi connectivity index (χ1) is 21.9. The van der Waals surface area contributed by atoms with E-state index in [0.717, 1.165) is 24.6 Å². The molecule has 2 aromatic heterocycles. The zero-order chi connectivity index (χ0) is 34.3. The summed E-state index contributed by atoms with van der Waals surface area (Å²) in [5.41, 5.74) is 1.15. The Balaban J connectivity index is 1.67. The van der Waals surface area contributed by atoms with Gasteiger partial charge < -0.3 is 23.9 Å². The predicted octanol–water partition coefficient (Wildman–Crippen LogP) is 8.66. The molecule has 3 heterocycles. The molecule has 1 aliphatic heterocycles. The fourth-order valence-electron chi connectivity index (χ4n) is 5.98. The van der Waals surface area contributed by atoms with Crippen molar-refractivity contribution in [1.82, 2.24) is 9.38 Å². The number of hydrogen-bond donors (Lipinski definition) is 1. The van der Waals surface area contributed by atoms with Gasteiger partial charge in [-0.25, -0.2) is 14.2 Å². The van der Waals surface area contributed by atoms with Gasteiger partial charge in [0.05, 0.1) is 17.9 Å². The molecular weight excluding hydrogens is 614 g/mol. The van der Waals surface area contributed by atoms with Gasteiger partial charge in [-0.2, -0.15) is 13.2 Å². The molecule has 2 aromatic carbocycles. The number of aromatic nitrogens is 2. The van der Waals surface area contributed by atoms with E-state index in [4.69, 9.17) is 9.47 Å². The van der Waals surface area contributed by atoms with Gasteiger partial charge in [0.1, 0.15) is 17.2 Å². The Hall–Kier alpha value is -4.12. The summed E-state index contributed by atoms with van der Waals surface area (Å²) in [6.45, 7) is 12.7. The largest absolute Gasteiger partial charge is 0.493 e. The van der Waals surface area contributed by atoms with Crippen molar-refractivity contribution in [2.24, 2.45) is 5.41 Å². The van der Waals surface area contributed by atoms with Crippen LogP contribution in [0.25, 0.3) is 16.8 Å². The SMILES string of the molecule is Cc1c([C@H](OC(C)(C)C)C(=O)O)c(N2CCC(C)(C)CC2)c(-c2ccc(OCCc3ccc(F)cc3)cc2)c2nc(C(F)(F)F)cn12. The maximum Gasteiger partial charge on any atom is 0.434 e. The first kappa shape index (κ1) is 34.2. The highest BCUT2D eigenvalue weighted by Crippen LogP contribution is 2.47. The van der Waals surface area contributed by atoms with E-state index in [2.05, 4.69) is 23.7 Å². The topological polar surface area (TPSA) is 76.3 Å². The van der Waals surface area contributed by atoms with Crippen LogP contribution < -0.4 is 9.64 Å². The van der Waals surface area contributed by atoms with Gasteiger partial charge in [0.2, 0.25) is 0 Å². The fourth-order valence-corrected chi connectivity index (χ4v) is 5.98. The second-order valence-electron chi connectivity index (χ2n) is 13.9. The van der Waals surface area contributed by atoms with E-state index in [1.807, 2.05) is 0 Å². The number of imidazole rings is 1. The summed E-state index contributed by atoms with van der Waals surface area (Å²) in [5, 5.41) is 10.5. The molecule has 5 rings (SSSR count). The van der Waals surface area contributed by atoms with Gasteiger partial charge in [0, 0.05) is 42.5 Å². The van der Waals surface area contributed by atoms with Crippen LogP contribution in [0.4, 0.5) is 23.2 Å². The number of rotatable bonds is 9. The summed E-state index contributed by atoms with van der Waals surface area (Å²) < 4.78 is 69.0. The molecule has 0 amide bonds. The molecule has 1 aliphatic rings. The highest BCUT2D eigenvalue weighted by molar-refractivity contribution is 5.94. The monoisotopic (exact) mass is 655 g/mol. The van der Waals surface area contributed by atoms with Crippen molar-refractivity contribution in [2.45, 2.75) is 78.7 Å². The Labute approximate surface area is 272 Å². The first-order valence-electron chi connectivity index (χ1n) is 15.7. The lowest BCUT2D eigenvalue weighted by molar-refractivity contribution is -0.160. The zero-order valence-corrected chi connectivity index (χ0v) is 27.5. The van der Waals surface area contributed by atoms with Gasteiger partial charge in [0.25, 0.3) is 0 Å². The average Bonchev–Trinajstić information content (AvgIpc) is 3.44. The lowest BCUT2D eigenvalue weighted by atomic mass is 9.82. The van der Waals surface area contributed by atoms with Crippen LogP contribution in [0.15, 0.2) is 54.7 Å². The predicted molar refractivity (Wildman–Crippen MR) is 172 cm³/mol. The average molecular weight is 656 g/mol. The highest BCUT2D eigenvalue weighted by Gasteiger charge is 2.39. The van der Waals surface area contributed by atoms with Crippen molar-refractivity contribution in [3.8, 4) is 16.9 Å². The van der Waals surface area contributed by atoms with Crippen LogP contribution in [0.1, 0.15) is 76.1 Å². The smallest absolute Gasteiger partial charge is 0.434 e. The van der Waals surface area contributed by atoms with Crippen LogP contribution in [-0.4, -0.2) is 45.8 Å². The summed E-state index contributed by atoms with van der Waals surface area (Å²) in [6.07, 6.45) is -3.11. The van der Waals surface area contributed by atoms with Crippen LogP contribution in [0.3, 0.4) is 0 Å². The van der Waals surface area contributed by atoms with Gasteiger partial charge in [-0.15, -0.1) is 0 Å². The Kier molecular flexibility index (Phi) is 9.34. The number of benzene rings is 2.